The molecule has 0 aliphatic carbocycles. The van der Waals surface area contributed by atoms with E-state index in [1.165, 1.54) is 18.2 Å². The first kappa shape index (κ1) is 15.7. The van der Waals surface area contributed by atoms with E-state index in [-0.39, 0.29) is 12.0 Å². The minimum absolute atomic E-state index is 0.113. The highest BCUT2D eigenvalue weighted by atomic mass is 19.1. The molecule has 2 amide bonds. The number of hydrogen-bond donors (Lipinski definition) is 2. The van der Waals surface area contributed by atoms with Crippen molar-refractivity contribution in [3.63, 3.8) is 0 Å². The van der Waals surface area contributed by atoms with Crippen LogP contribution in [0.5, 0.6) is 0 Å². The Labute approximate surface area is 128 Å². The SMILES string of the molecule is Cc1cccc(C[C@H](NC(=O)c2ccccc2F)C(N)=O)c1. The first-order valence-electron chi connectivity index (χ1n) is 6.87. The number of carbonyl (C=O) groups is 2. The molecule has 5 heteroatoms. The van der Waals surface area contributed by atoms with Crippen molar-refractivity contribution in [3.05, 3.63) is 71.0 Å². The van der Waals surface area contributed by atoms with Gasteiger partial charge >= 0.3 is 0 Å². The third-order valence-electron chi connectivity index (χ3n) is 3.29. The molecule has 114 valence electrons. The Hall–Kier alpha value is -2.69. The average molecular weight is 300 g/mol. The number of nitrogens with one attached hydrogen (secondary N) is 1. The Morgan fingerprint density at radius 2 is 1.91 bits per heavy atom. The topological polar surface area (TPSA) is 72.2 Å². The summed E-state index contributed by atoms with van der Waals surface area (Å²) in [5.41, 5.74) is 7.14. The van der Waals surface area contributed by atoms with Crippen LogP contribution in [0.1, 0.15) is 21.5 Å². The van der Waals surface area contributed by atoms with Gasteiger partial charge < -0.3 is 11.1 Å². The lowest BCUT2D eigenvalue weighted by atomic mass is 10.0. The molecule has 0 heterocycles. The number of hydrogen-bond acceptors (Lipinski definition) is 2. The van der Waals surface area contributed by atoms with Crippen molar-refractivity contribution in [2.45, 2.75) is 19.4 Å². The fraction of sp³-hybridized carbons (Fsp3) is 0.176. The number of primary amides is 1. The Morgan fingerprint density at radius 3 is 2.55 bits per heavy atom. The molecule has 0 spiro atoms. The van der Waals surface area contributed by atoms with Crippen molar-refractivity contribution in [3.8, 4) is 0 Å². The third kappa shape index (κ3) is 3.91. The van der Waals surface area contributed by atoms with Gasteiger partial charge in [-0.2, -0.15) is 0 Å². The van der Waals surface area contributed by atoms with Crippen molar-refractivity contribution >= 4 is 11.8 Å². The van der Waals surface area contributed by atoms with Gasteiger partial charge in [0.05, 0.1) is 5.56 Å². The summed E-state index contributed by atoms with van der Waals surface area (Å²) in [7, 11) is 0. The highest BCUT2D eigenvalue weighted by Crippen LogP contribution is 2.09. The molecule has 3 N–H and O–H groups in total. The van der Waals surface area contributed by atoms with Crippen LogP contribution in [0, 0.1) is 12.7 Å². The molecule has 0 unspecified atom stereocenters. The maximum Gasteiger partial charge on any atom is 0.254 e. The lowest BCUT2D eigenvalue weighted by Crippen LogP contribution is -2.46. The normalized spacial score (nSPS) is 11.7. The number of amides is 2. The van der Waals surface area contributed by atoms with E-state index in [1.807, 2.05) is 31.2 Å². The van der Waals surface area contributed by atoms with E-state index in [9.17, 15) is 14.0 Å². The zero-order chi connectivity index (χ0) is 16.1. The molecule has 0 aliphatic rings. The summed E-state index contributed by atoms with van der Waals surface area (Å²) in [5.74, 6) is -1.96. The van der Waals surface area contributed by atoms with Crippen LogP contribution in [0.3, 0.4) is 0 Å². The van der Waals surface area contributed by atoms with Gasteiger partial charge in [-0.05, 0) is 24.6 Å². The first-order chi connectivity index (χ1) is 10.5. The van der Waals surface area contributed by atoms with Crippen LogP contribution < -0.4 is 11.1 Å². The molecule has 22 heavy (non-hydrogen) atoms. The summed E-state index contributed by atoms with van der Waals surface area (Å²) in [6, 6.07) is 12.2. The quantitative estimate of drug-likeness (QED) is 0.886. The lowest BCUT2D eigenvalue weighted by molar-refractivity contribution is -0.119. The van der Waals surface area contributed by atoms with Gasteiger partial charge in [-0.25, -0.2) is 4.39 Å². The Bertz CT molecular complexity index is 701. The van der Waals surface area contributed by atoms with Crippen LogP contribution in [0.2, 0.25) is 0 Å². The fourth-order valence-corrected chi connectivity index (χ4v) is 2.18. The van der Waals surface area contributed by atoms with Crippen LogP contribution in [0.15, 0.2) is 48.5 Å². The lowest BCUT2D eigenvalue weighted by Gasteiger charge is -2.16. The van der Waals surface area contributed by atoms with Gasteiger partial charge in [0.2, 0.25) is 5.91 Å². The second-order valence-electron chi connectivity index (χ2n) is 5.10. The van der Waals surface area contributed by atoms with E-state index < -0.39 is 23.7 Å². The van der Waals surface area contributed by atoms with Gasteiger partial charge in [-0.1, -0.05) is 42.0 Å². The maximum absolute atomic E-state index is 13.6. The summed E-state index contributed by atoms with van der Waals surface area (Å²) >= 11 is 0. The third-order valence-corrected chi connectivity index (χ3v) is 3.29. The molecule has 0 radical (unpaired) electrons. The Balaban J connectivity index is 2.14. The average Bonchev–Trinajstić information content (AvgIpc) is 2.46. The molecule has 0 fully saturated rings. The highest BCUT2D eigenvalue weighted by molar-refractivity contribution is 5.97. The number of carbonyl (C=O) groups excluding carboxylic acids is 2. The van der Waals surface area contributed by atoms with Crippen molar-refractivity contribution in [2.75, 3.05) is 0 Å². The van der Waals surface area contributed by atoms with E-state index in [2.05, 4.69) is 5.32 Å². The fourth-order valence-electron chi connectivity index (χ4n) is 2.18. The summed E-state index contributed by atoms with van der Waals surface area (Å²) in [6.45, 7) is 1.93. The molecule has 0 saturated carbocycles. The zero-order valence-corrected chi connectivity index (χ0v) is 12.2. The highest BCUT2D eigenvalue weighted by Gasteiger charge is 2.21. The number of halogens is 1. The molecule has 0 saturated heterocycles. The van der Waals surface area contributed by atoms with Crippen molar-refractivity contribution in [1.82, 2.24) is 5.32 Å². The van der Waals surface area contributed by atoms with E-state index in [0.717, 1.165) is 11.1 Å². The predicted molar refractivity (Wildman–Crippen MR) is 81.7 cm³/mol. The van der Waals surface area contributed by atoms with Gasteiger partial charge in [-0.15, -0.1) is 0 Å². The summed E-state index contributed by atoms with van der Waals surface area (Å²) in [4.78, 5) is 23.6. The molecule has 1 atom stereocenters. The molecule has 0 bridgehead atoms. The Morgan fingerprint density at radius 1 is 1.18 bits per heavy atom. The summed E-state index contributed by atoms with van der Waals surface area (Å²) < 4.78 is 13.6. The number of benzene rings is 2. The number of nitrogens with two attached hydrogens (primary N) is 1. The monoisotopic (exact) mass is 300 g/mol. The predicted octanol–water partition coefficient (Wildman–Crippen LogP) is 1.96. The van der Waals surface area contributed by atoms with Gasteiger partial charge in [0, 0.05) is 6.42 Å². The molecule has 0 aliphatic heterocycles. The van der Waals surface area contributed by atoms with Crippen LogP contribution in [-0.2, 0) is 11.2 Å². The molecule has 4 nitrogen and oxygen atoms in total. The minimum Gasteiger partial charge on any atom is -0.368 e. The van der Waals surface area contributed by atoms with E-state index >= 15 is 0 Å². The molecule has 2 aromatic rings. The van der Waals surface area contributed by atoms with E-state index in [4.69, 9.17) is 5.73 Å². The van der Waals surface area contributed by atoms with Crippen molar-refractivity contribution < 1.29 is 14.0 Å². The molecule has 0 aromatic heterocycles. The summed E-state index contributed by atoms with van der Waals surface area (Å²) in [6.07, 6.45) is 0.261. The maximum atomic E-state index is 13.6. The number of aryl methyl sites for hydroxylation is 1. The van der Waals surface area contributed by atoms with Gasteiger partial charge in [-0.3, -0.25) is 9.59 Å². The van der Waals surface area contributed by atoms with Crippen LogP contribution in [0.25, 0.3) is 0 Å². The smallest absolute Gasteiger partial charge is 0.254 e. The first-order valence-corrected chi connectivity index (χ1v) is 6.87. The molecule has 2 rings (SSSR count). The van der Waals surface area contributed by atoms with Crippen molar-refractivity contribution in [2.24, 2.45) is 5.73 Å². The van der Waals surface area contributed by atoms with Gasteiger partial charge in [0.15, 0.2) is 0 Å². The van der Waals surface area contributed by atoms with Gasteiger partial charge in [0.1, 0.15) is 11.9 Å². The zero-order valence-electron chi connectivity index (χ0n) is 12.2. The van der Waals surface area contributed by atoms with Gasteiger partial charge in [0.25, 0.3) is 5.91 Å². The van der Waals surface area contributed by atoms with Crippen molar-refractivity contribution in [1.29, 1.82) is 0 Å². The largest absolute Gasteiger partial charge is 0.368 e. The van der Waals surface area contributed by atoms with Crippen LogP contribution in [0.4, 0.5) is 4.39 Å². The van der Waals surface area contributed by atoms with Crippen LogP contribution in [-0.4, -0.2) is 17.9 Å². The number of rotatable bonds is 5. The molecule has 2 aromatic carbocycles. The minimum atomic E-state index is -0.895. The van der Waals surface area contributed by atoms with E-state index in [1.54, 1.807) is 6.07 Å². The second kappa shape index (κ2) is 6.85. The summed E-state index contributed by atoms with van der Waals surface area (Å²) in [5, 5.41) is 2.49. The second-order valence-corrected chi connectivity index (χ2v) is 5.10. The Kier molecular flexibility index (Phi) is 4.88. The van der Waals surface area contributed by atoms with Crippen LogP contribution >= 0.6 is 0 Å². The molecular weight excluding hydrogens is 283 g/mol. The standard InChI is InChI=1S/C17H17FN2O2/c1-11-5-4-6-12(9-11)10-15(16(19)21)20-17(22)13-7-2-3-8-14(13)18/h2-9,15H,10H2,1H3,(H2,19,21)(H,20,22)/t15-/m0/s1. The molecular formula is C17H17FN2O2. The van der Waals surface area contributed by atoms with E-state index in [0.29, 0.717) is 0 Å².